The van der Waals surface area contributed by atoms with E-state index >= 15 is 0 Å². The molecule has 3 nitrogen and oxygen atoms in total. The molecular weight excluding hydrogens is 273 g/mol. The lowest BCUT2D eigenvalue weighted by Gasteiger charge is -2.29. The second-order valence-corrected chi connectivity index (χ2v) is 5.18. The summed E-state index contributed by atoms with van der Waals surface area (Å²) in [5, 5.41) is 1.29. The van der Waals surface area contributed by atoms with Gasteiger partial charge in [-0.05, 0) is 29.7 Å². The lowest BCUT2D eigenvalue weighted by Crippen LogP contribution is -2.36. The number of fused-ring (bicyclic) bond motifs is 1. The summed E-state index contributed by atoms with van der Waals surface area (Å²) in [6.07, 6.45) is 1.21. The molecule has 0 aliphatic carbocycles. The Labute approximate surface area is 117 Å². The molecule has 0 unspecified atom stereocenters. The van der Waals surface area contributed by atoms with Gasteiger partial charge < -0.3 is 9.64 Å². The molecule has 0 aromatic heterocycles. The molecule has 0 bridgehead atoms. The minimum atomic E-state index is 0.105. The molecular formula is C13H15Cl2NO2. The van der Waals surface area contributed by atoms with E-state index < -0.39 is 0 Å². The SMILES string of the molecule is COCCC(=O)N1CCc2cc(Cl)cc(Cl)c2C1. The molecule has 0 fully saturated rings. The maximum absolute atomic E-state index is 11.9. The maximum atomic E-state index is 11.9. The fourth-order valence-corrected chi connectivity index (χ4v) is 2.74. The minimum Gasteiger partial charge on any atom is -0.384 e. The number of halogens is 2. The van der Waals surface area contributed by atoms with Crippen molar-refractivity contribution >= 4 is 29.1 Å². The molecule has 5 heteroatoms. The van der Waals surface area contributed by atoms with Crippen LogP contribution < -0.4 is 0 Å². The number of nitrogens with zero attached hydrogens (tertiary/aromatic N) is 1. The molecule has 1 aliphatic rings. The number of ether oxygens (including phenoxy) is 1. The van der Waals surface area contributed by atoms with E-state index in [2.05, 4.69) is 0 Å². The summed E-state index contributed by atoms with van der Waals surface area (Å²) >= 11 is 12.1. The van der Waals surface area contributed by atoms with Crippen LogP contribution in [0.5, 0.6) is 0 Å². The highest BCUT2D eigenvalue weighted by Crippen LogP contribution is 2.30. The van der Waals surface area contributed by atoms with Crippen LogP contribution in [0.15, 0.2) is 12.1 Å². The Kier molecular flexibility index (Phi) is 4.49. The molecule has 98 valence electrons. The molecule has 18 heavy (non-hydrogen) atoms. The minimum absolute atomic E-state index is 0.105. The molecule has 0 saturated carbocycles. The van der Waals surface area contributed by atoms with Crippen molar-refractivity contribution in [2.24, 2.45) is 0 Å². The summed E-state index contributed by atoms with van der Waals surface area (Å²) in [6, 6.07) is 3.66. The maximum Gasteiger partial charge on any atom is 0.225 e. The molecule has 1 aliphatic heterocycles. The third kappa shape index (κ3) is 2.97. The molecule has 1 aromatic rings. The van der Waals surface area contributed by atoms with Crippen LogP contribution in [0.1, 0.15) is 17.5 Å². The van der Waals surface area contributed by atoms with E-state index in [1.54, 1.807) is 13.2 Å². The van der Waals surface area contributed by atoms with E-state index in [9.17, 15) is 4.79 Å². The first kappa shape index (κ1) is 13.7. The third-order valence-electron chi connectivity index (χ3n) is 3.13. The van der Waals surface area contributed by atoms with Crippen LogP contribution in [0.25, 0.3) is 0 Å². The zero-order valence-corrected chi connectivity index (χ0v) is 11.7. The average molecular weight is 288 g/mol. The fraction of sp³-hybridized carbons (Fsp3) is 0.462. The van der Waals surface area contributed by atoms with Crippen molar-refractivity contribution in [2.75, 3.05) is 20.3 Å². The first-order valence-corrected chi connectivity index (χ1v) is 6.61. The predicted molar refractivity (Wildman–Crippen MR) is 72.1 cm³/mol. The van der Waals surface area contributed by atoms with E-state index in [1.165, 1.54) is 0 Å². The number of methoxy groups -OCH3 is 1. The van der Waals surface area contributed by atoms with Crippen molar-refractivity contribution in [1.29, 1.82) is 0 Å². The van der Waals surface area contributed by atoms with Crippen molar-refractivity contribution in [3.8, 4) is 0 Å². The molecule has 0 saturated heterocycles. The van der Waals surface area contributed by atoms with Crippen LogP contribution in [-0.2, 0) is 22.5 Å². The Hall–Kier alpha value is -0.770. The molecule has 1 amide bonds. The Balaban J connectivity index is 2.12. The van der Waals surface area contributed by atoms with Gasteiger partial charge in [-0.15, -0.1) is 0 Å². The van der Waals surface area contributed by atoms with Crippen molar-refractivity contribution in [1.82, 2.24) is 4.90 Å². The Morgan fingerprint density at radius 3 is 2.94 bits per heavy atom. The second kappa shape index (κ2) is 5.91. The lowest BCUT2D eigenvalue weighted by atomic mass is 9.99. The molecule has 0 atom stereocenters. The van der Waals surface area contributed by atoms with E-state index in [0.29, 0.717) is 36.2 Å². The second-order valence-electron chi connectivity index (χ2n) is 4.33. The molecule has 0 radical (unpaired) electrons. The van der Waals surface area contributed by atoms with Gasteiger partial charge in [-0.2, -0.15) is 0 Å². The number of hydrogen-bond donors (Lipinski definition) is 0. The van der Waals surface area contributed by atoms with Gasteiger partial charge in [0, 0.05) is 30.2 Å². The number of rotatable bonds is 3. The van der Waals surface area contributed by atoms with E-state index in [4.69, 9.17) is 27.9 Å². The quantitative estimate of drug-likeness (QED) is 0.856. The fourth-order valence-electron chi connectivity index (χ4n) is 2.14. The average Bonchev–Trinajstić information content (AvgIpc) is 2.35. The number of amides is 1. The summed E-state index contributed by atoms with van der Waals surface area (Å²) in [4.78, 5) is 13.7. The number of carbonyl (C=O) groups excluding carboxylic acids is 1. The molecule has 0 N–H and O–H groups in total. The largest absolute Gasteiger partial charge is 0.384 e. The van der Waals surface area contributed by atoms with E-state index in [1.807, 2.05) is 11.0 Å². The van der Waals surface area contributed by atoms with Crippen LogP contribution in [0.2, 0.25) is 10.0 Å². The monoisotopic (exact) mass is 287 g/mol. The standard InChI is InChI=1S/C13H15Cl2NO2/c1-18-5-3-13(17)16-4-2-9-6-10(14)7-12(15)11(9)8-16/h6-7H,2-5,8H2,1H3. The first-order valence-electron chi connectivity index (χ1n) is 5.85. The first-order chi connectivity index (χ1) is 8.61. The summed E-state index contributed by atoms with van der Waals surface area (Å²) in [6.45, 7) is 1.73. The van der Waals surface area contributed by atoms with Crippen LogP contribution in [-0.4, -0.2) is 31.1 Å². The molecule has 1 heterocycles. The van der Waals surface area contributed by atoms with Gasteiger partial charge in [0.25, 0.3) is 0 Å². The highest BCUT2D eigenvalue weighted by Gasteiger charge is 2.22. The number of carbonyl (C=O) groups is 1. The summed E-state index contributed by atoms with van der Waals surface area (Å²) < 4.78 is 4.92. The topological polar surface area (TPSA) is 29.5 Å². The van der Waals surface area contributed by atoms with Crippen LogP contribution >= 0.6 is 23.2 Å². The van der Waals surface area contributed by atoms with Gasteiger partial charge >= 0.3 is 0 Å². The van der Waals surface area contributed by atoms with Crippen molar-refractivity contribution in [2.45, 2.75) is 19.4 Å². The lowest BCUT2D eigenvalue weighted by molar-refractivity contribution is -0.133. The zero-order valence-electron chi connectivity index (χ0n) is 10.2. The van der Waals surface area contributed by atoms with Gasteiger partial charge in [-0.25, -0.2) is 0 Å². The van der Waals surface area contributed by atoms with Gasteiger partial charge in [0.05, 0.1) is 13.0 Å². The number of hydrogen-bond acceptors (Lipinski definition) is 2. The van der Waals surface area contributed by atoms with Gasteiger partial charge in [-0.3, -0.25) is 4.79 Å². The normalized spacial score (nSPS) is 14.5. The van der Waals surface area contributed by atoms with Gasteiger partial charge in [0.1, 0.15) is 0 Å². The highest BCUT2D eigenvalue weighted by molar-refractivity contribution is 6.35. The van der Waals surface area contributed by atoms with E-state index in [0.717, 1.165) is 17.5 Å². The summed E-state index contributed by atoms with van der Waals surface area (Å²) in [5.41, 5.74) is 2.15. The van der Waals surface area contributed by atoms with Crippen LogP contribution in [0.4, 0.5) is 0 Å². The van der Waals surface area contributed by atoms with Crippen molar-refractivity contribution in [3.63, 3.8) is 0 Å². The molecule has 1 aromatic carbocycles. The number of benzene rings is 1. The third-order valence-corrected chi connectivity index (χ3v) is 3.68. The van der Waals surface area contributed by atoms with Crippen molar-refractivity contribution in [3.05, 3.63) is 33.3 Å². The smallest absolute Gasteiger partial charge is 0.225 e. The van der Waals surface area contributed by atoms with Crippen molar-refractivity contribution < 1.29 is 9.53 Å². The highest BCUT2D eigenvalue weighted by atomic mass is 35.5. The van der Waals surface area contributed by atoms with Crippen LogP contribution in [0, 0.1) is 0 Å². The zero-order chi connectivity index (χ0) is 13.1. The Bertz CT molecular complexity index is 463. The van der Waals surface area contributed by atoms with Gasteiger partial charge in [0.15, 0.2) is 0 Å². The van der Waals surface area contributed by atoms with Crippen LogP contribution in [0.3, 0.4) is 0 Å². The summed E-state index contributed by atoms with van der Waals surface area (Å²) in [5.74, 6) is 0.105. The molecule has 2 rings (SSSR count). The summed E-state index contributed by atoms with van der Waals surface area (Å²) in [7, 11) is 1.59. The Morgan fingerprint density at radius 1 is 1.44 bits per heavy atom. The van der Waals surface area contributed by atoms with E-state index in [-0.39, 0.29) is 5.91 Å². The van der Waals surface area contributed by atoms with Gasteiger partial charge in [0.2, 0.25) is 5.91 Å². The predicted octanol–water partition coefficient (Wildman–Crippen LogP) is 2.91. The Morgan fingerprint density at radius 2 is 2.22 bits per heavy atom. The van der Waals surface area contributed by atoms with Gasteiger partial charge in [-0.1, -0.05) is 23.2 Å². The molecule has 0 spiro atoms.